The Morgan fingerprint density at radius 1 is 1.18 bits per heavy atom. The monoisotopic (exact) mass is 236 g/mol. The molecule has 0 unspecified atom stereocenters. The molecule has 2 amide bonds. The molecule has 0 aromatic heterocycles. The fourth-order valence-corrected chi connectivity index (χ4v) is 1.20. The number of ether oxygens (including phenoxy) is 1. The van der Waals surface area contributed by atoms with Crippen LogP contribution in [0.25, 0.3) is 0 Å². The molecule has 1 aromatic carbocycles. The number of para-hydroxylation sites is 1. The van der Waals surface area contributed by atoms with E-state index in [1.807, 2.05) is 30.3 Å². The van der Waals surface area contributed by atoms with E-state index in [9.17, 15) is 9.59 Å². The lowest BCUT2D eigenvalue weighted by Gasteiger charge is -2.07. The number of primary amides is 1. The van der Waals surface area contributed by atoms with Crippen LogP contribution in [-0.2, 0) is 9.59 Å². The molecular weight excluding hydrogens is 220 g/mol. The maximum atomic E-state index is 11.2. The molecule has 0 spiro atoms. The van der Waals surface area contributed by atoms with Gasteiger partial charge in [0.15, 0.2) is 0 Å². The minimum absolute atomic E-state index is 0.0748. The minimum Gasteiger partial charge on any atom is -0.492 e. The lowest BCUT2D eigenvalue weighted by molar-refractivity contribution is -0.125. The van der Waals surface area contributed by atoms with Crippen molar-refractivity contribution in [2.75, 3.05) is 13.2 Å². The molecule has 1 rings (SSSR count). The van der Waals surface area contributed by atoms with Gasteiger partial charge in [0.05, 0.1) is 6.54 Å². The standard InChI is InChI=1S/C12H16N2O3/c13-11(15)6-7-12(16)14-8-9-17-10-4-2-1-3-5-10/h1-5H,6-9H2,(H2,13,15)(H,14,16). The van der Waals surface area contributed by atoms with Gasteiger partial charge in [0.1, 0.15) is 12.4 Å². The molecule has 0 heterocycles. The Labute approximate surface area is 99.9 Å². The molecule has 3 N–H and O–H groups in total. The number of hydrogen-bond acceptors (Lipinski definition) is 3. The highest BCUT2D eigenvalue weighted by Crippen LogP contribution is 2.07. The minimum atomic E-state index is -0.472. The SMILES string of the molecule is NC(=O)CCC(=O)NCCOc1ccccc1. The third-order valence-corrected chi connectivity index (χ3v) is 2.03. The molecule has 5 heteroatoms. The highest BCUT2D eigenvalue weighted by atomic mass is 16.5. The zero-order valence-electron chi connectivity index (χ0n) is 9.52. The predicted molar refractivity (Wildman–Crippen MR) is 63.4 cm³/mol. The average molecular weight is 236 g/mol. The molecule has 0 saturated heterocycles. The predicted octanol–water partition coefficient (Wildman–Crippen LogP) is 0.447. The molecule has 0 atom stereocenters. The summed E-state index contributed by atoms with van der Waals surface area (Å²) in [5.74, 6) is 0.0973. The van der Waals surface area contributed by atoms with E-state index in [0.29, 0.717) is 13.2 Å². The normalized spacial score (nSPS) is 9.65. The number of amides is 2. The van der Waals surface area contributed by atoms with Crippen molar-refractivity contribution in [3.63, 3.8) is 0 Å². The van der Waals surface area contributed by atoms with Crippen LogP contribution in [0.2, 0.25) is 0 Å². The zero-order chi connectivity index (χ0) is 12.5. The highest BCUT2D eigenvalue weighted by molar-refractivity contribution is 5.82. The van der Waals surface area contributed by atoms with E-state index in [4.69, 9.17) is 10.5 Å². The first-order valence-corrected chi connectivity index (χ1v) is 5.41. The summed E-state index contributed by atoms with van der Waals surface area (Å²) in [5, 5.41) is 2.64. The van der Waals surface area contributed by atoms with Gasteiger partial charge in [-0.25, -0.2) is 0 Å². The summed E-state index contributed by atoms with van der Waals surface area (Å²) in [7, 11) is 0. The van der Waals surface area contributed by atoms with Crippen LogP contribution in [0.4, 0.5) is 0 Å². The van der Waals surface area contributed by atoms with Crippen molar-refractivity contribution < 1.29 is 14.3 Å². The van der Waals surface area contributed by atoms with E-state index >= 15 is 0 Å². The molecule has 1 aromatic rings. The number of carbonyl (C=O) groups excluding carboxylic acids is 2. The van der Waals surface area contributed by atoms with Crippen molar-refractivity contribution >= 4 is 11.8 Å². The third-order valence-electron chi connectivity index (χ3n) is 2.03. The van der Waals surface area contributed by atoms with Crippen LogP contribution in [0.1, 0.15) is 12.8 Å². The van der Waals surface area contributed by atoms with Gasteiger partial charge in [-0.1, -0.05) is 18.2 Å². The Morgan fingerprint density at radius 3 is 2.53 bits per heavy atom. The van der Waals surface area contributed by atoms with Crippen molar-refractivity contribution in [1.29, 1.82) is 0 Å². The quantitative estimate of drug-likeness (QED) is 0.674. The lowest BCUT2D eigenvalue weighted by atomic mass is 10.3. The van der Waals surface area contributed by atoms with Gasteiger partial charge in [0, 0.05) is 12.8 Å². The van der Waals surface area contributed by atoms with Crippen molar-refractivity contribution in [3.05, 3.63) is 30.3 Å². The first-order valence-electron chi connectivity index (χ1n) is 5.41. The van der Waals surface area contributed by atoms with Gasteiger partial charge in [-0.05, 0) is 12.1 Å². The second-order valence-electron chi connectivity index (χ2n) is 3.48. The van der Waals surface area contributed by atoms with Crippen molar-refractivity contribution in [1.82, 2.24) is 5.32 Å². The first kappa shape index (κ1) is 13.0. The molecule has 0 aliphatic heterocycles. The zero-order valence-corrected chi connectivity index (χ0v) is 9.52. The summed E-state index contributed by atoms with van der Waals surface area (Å²) in [6.45, 7) is 0.804. The smallest absolute Gasteiger partial charge is 0.220 e. The number of carbonyl (C=O) groups is 2. The number of nitrogens with one attached hydrogen (secondary N) is 1. The van der Waals surface area contributed by atoms with E-state index in [1.54, 1.807) is 0 Å². The largest absolute Gasteiger partial charge is 0.492 e. The second kappa shape index (κ2) is 7.27. The summed E-state index contributed by atoms with van der Waals surface area (Å²) in [6, 6.07) is 9.34. The second-order valence-corrected chi connectivity index (χ2v) is 3.48. The average Bonchev–Trinajstić information content (AvgIpc) is 2.33. The van der Waals surface area contributed by atoms with E-state index in [1.165, 1.54) is 0 Å². The number of rotatable bonds is 7. The fourth-order valence-electron chi connectivity index (χ4n) is 1.20. The molecular formula is C12H16N2O3. The number of benzene rings is 1. The summed E-state index contributed by atoms with van der Waals surface area (Å²) in [5.41, 5.74) is 4.93. The summed E-state index contributed by atoms with van der Waals surface area (Å²) in [4.78, 5) is 21.6. The van der Waals surface area contributed by atoms with Crippen LogP contribution in [0.15, 0.2) is 30.3 Å². The van der Waals surface area contributed by atoms with Crippen LogP contribution < -0.4 is 15.8 Å². The van der Waals surface area contributed by atoms with Crippen LogP contribution in [0.5, 0.6) is 5.75 Å². The Kier molecular flexibility index (Phi) is 5.57. The van der Waals surface area contributed by atoms with Crippen LogP contribution in [0, 0.1) is 0 Å². The van der Waals surface area contributed by atoms with Crippen molar-refractivity contribution in [2.45, 2.75) is 12.8 Å². The first-order chi connectivity index (χ1) is 8.18. The van der Waals surface area contributed by atoms with Crippen molar-refractivity contribution in [3.8, 4) is 5.75 Å². The summed E-state index contributed by atoms with van der Waals surface area (Å²) < 4.78 is 5.38. The molecule has 0 bridgehead atoms. The van der Waals surface area contributed by atoms with E-state index in [-0.39, 0.29) is 18.7 Å². The van der Waals surface area contributed by atoms with Crippen LogP contribution >= 0.6 is 0 Å². The Morgan fingerprint density at radius 2 is 1.88 bits per heavy atom. The van der Waals surface area contributed by atoms with Crippen molar-refractivity contribution in [2.24, 2.45) is 5.73 Å². The Hall–Kier alpha value is -2.04. The van der Waals surface area contributed by atoms with Gasteiger partial charge in [-0.15, -0.1) is 0 Å². The van der Waals surface area contributed by atoms with Gasteiger partial charge in [0.2, 0.25) is 11.8 Å². The molecule has 92 valence electrons. The summed E-state index contributed by atoms with van der Waals surface area (Å²) in [6.07, 6.45) is 0.200. The molecule has 17 heavy (non-hydrogen) atoms. The molecule has 0 aliphatic rings. The van der Waals surface area contributed by atoms with Gasteiger partial charge < -0.3 is 15.8 Å². The fraction of sp³-hybridized carbons (Fsp3) is 0.333. The summed E-state index contributed by atoms with van der Waals surface area (Å²) >= 11 is 0. The van der Waals surface area contributed by atoms with E-state index < -0.39 is 5.91 Å². The van der Waals surface area contributed by atoms with Gasteiger partial charge in [-0.3, -0.25) is 9.59 Å². The van der Waals surface area contributed by atoms with E-state index in [0.717, 1.165) is 5.75 Å². The molecule has 0 saturated carbocycles. The van der Waals surface area contributed by atoms with Gasteiger partial charge >= 0.3 is 0 Å². The molecule has 0 aliphatic carbocycles. The Balaban J connectivity index is 2.08. The maximum Gasteiger partial charge on any atom is 0.220 e. The van der Waals surface area contributed by atoms with Gasteiger partial charge in [0.25, 0.3) is 0 Å². The highest BCUT2D eigenvalue weighted by Gasteiger charge is 2.02. The lowest BCUT2D eigenvalue weighted by Crippen LogP contribution is -2.29. The molecule has 0 fully saturated rings. The van der Waals surface area contributed by atoms with Crippen LogP contribution in [-0.4, -0.2) is 25.0 Å². The number of hydrogen-bond donors (Lipinski definition) is 2. The Bertz CT molecular complexity index is 365. The van der Waals surface area contributed by atoms with E-state index in [2.05, 4.69) is 5.32 Å². The topological polar surface area (TPSA) is 81.4 Å². The maximum absolute atomic E-state index is 11.2. The third kappa shape index (κ3) is 6.19. The molecule has 5 nitrogen and oxygen atoms in total. The number of nitrogens with two attached hydrogens (primary N) is 1. The van der Waals surface area contributed by atoms with Gasteiger partial charge in [-0.2, -0.15) is 0 Å². The van der Waals surface area contributed by atoms with Crippen LogP contribution in [0.3, 0.4) is 0 Å². The molecule has 0 radical (unpaired) electrons.